The highest BCUT2D eigenvalue weighted by Crippen LogP contribution is 2.19. The molecule has 1 rings (SSSR count). The van der Waals surface area contributed by atoms with Crippen LogP contribution in [0, 0.1) is 0 Å². The van der Waals surface area contributed by atoms with Crippen molar-refractivity contribution in [3.8, 4) is 5.75 Å². The first-order valence-electron chi connectivity index (χ1n) is 5.73. The first kappa shape index (κ1) is 13.0. The van der Waals surface area contributed by atoms with Gasteiger partial charge in [0.1, 0.15) is 5.75 Å². The van der Waals surface area contributed by atoms with Crippen LogP contribution in [0.2, 0.25) is 0 Å². The summed E-state index contributed by atoms with van der Waals surface area (Å²) in [6, 6.07) is 7.78. The number of rotatable bonds is 6. The van der Waals surface area contributed by atoms with Crippen molar-refractivity contribution in [1.29, 1.82) is 0 Å². The Morgan fingerprint density at radius 1 is 1.31 bits per heavy atom. The first-order valence-corrected chi connectivity index (χ1v) is 5.73. The molecule has 0 saturated heterocycles. The van der Waals surface area contributed by atoms with Crippen LogP contribution in [0.25, 0.3) is 0 Å². The number of hydrogen-bond donors (Lipinski definition) is 1. The van der Waals surface area contributed by atoms with E-state index in [2.05, 4.69) is 0 Å². The highest BCUT2D eigenvalue weighted by atomic mass is 16.5. The molecule has 1 unspecified atom stereocenters. The number of ether oxygens (including phenoxy) is 2. The van der Waals surface area contributed by atoms with Gasteiger partial charge in [-0.2, -0.15) is 0 Å². The molecule has 16 heavy (non-hydrogen) atoms. The molecule has 0 aliphatic carbocycles. The van der Waals surface area contributed by atoms with Crippen LogP contribution in [-0.4, -0.2) is 19.3 Å². The van der Waals surface area contributed by atoms with Gasteiger partial charge in [-0.25, -0.2) is 0 Å². The maximum Gasteiger partial charge on any atom is 0.120 e. The highest BCUT2D eigenvalue weighted by Gasteiger charge is 2.07. The van der Waals surface area contributed by atoms with E-state index in [1.807, 2.05) is 45.0 Å². The summed E-state index contributed by atoms with van der Waals surface area (Å²) in [5.74, 6) is 0.861. The summed E-state index contributed by atoms with van der Waals surface area (Å²) < 4.78 is 10.9. The molecule has 0 aromatic heterocycles. The van der Waals surface area contributed by atoms with Crippen LogP contribution in [0.5, 0.6) is 5.75 Å². The molecule has 0 bridgehead atoms. The number of nitrogens with two attached hydrogens (primary N) is 1. The molecular weight excluding hydrogens is 202 g/mol. The largest absolute Gasteiger partial charge is 0.491 e. The summed E-state index contributed by atoms with van der Waals surface area (Å²) in [6.07, 6.45) is 0.179. The van der Waals surface area contributed by atoms with Crippen molar-refractivity contribution < 1.29 is 9.47 Å². The molecule has 0 saturated carbocycles. The fourth-order valence-corrected chi connectivity index (χ4v) is 1.43. The number of benzene rings is 1. The average Bonchev–Trinajstić information content (AvgIpc) is 2.25. The normalized spacial score (nSPS) is 12.8. The molecule has 0 heterocycles. The lowest BCUT2D eigenvalue weighted by atomic mass is 10.1. The van der Waals surface area contributed by atoms with Gasteiger partial charge in [0.2, 0.25) is 0 Å². The van der Waals surface area contributed by atoms with Gasteiger partial charge in [0.25, 0.3) is 0 Å². The van der Waals surface area contributed by atoms with Crippen molar-refractivity contribution in [2.75, 3.05) is 13.2 Å². The smallest absolute Gasteiger partial charge is 0.120 e. The van der Waals surface area contributed by atoms with Crippen LogP contribution in [0.1, 0.15) is 32.4 Å². The van der Waals surface area contributed by atoms with Crippen molar-refractivity contribution in [2.24, 2.45) is 5.73 Å². The lowest BCUT2D eigenvalue weighted by molar-refractivity contribution is 0.133. The Hall–Kier alpha value is -1.06. The van der Waals surface area contributed by atoms with E-state index in [4.69, 9.17) is 15.2 Å². The molecule has 0 amide bonds. The van der Waals surface area contributed by atoms with Crippen molar-refractivity contribution in [3.05, 3.63) is 29.8 Å². The maximum atomic E-state index is 6.00. The minimum Gasteiger partial charge on any atom is -0.491 e. The molecule has 0 fully saturated rings. The Labute approximate surface area is 97.6 Å². The molecule has 1 atom stereocenters. The van der Waals surface area contributed by atoms with E-state index in [-0.39, 0.29) is 12.1 Å². The van der Waals surface area contributed by atoms with Crippen LogP contribution in [-0.2, 0) is 4.74 Å². The zero-order valence-corrected chi connectivity index (χ0v) is 10.3. The molecule has 0 aliphatic heterocycles. The maximum absolute atomic E-state index is 6.00. The molecular formula is C13H21NO2. The molecule has 0 spiro atoms. The van der Waals surface area contributed by atoms with Gasteiger partial charge in [-0.1, -0.05) is 12.1 Å². The molecule has 2 N–H and O–H groups in total. The van der Waals surface area contributed by atoms with E-state index in [9.17, 15) is 0 Å². The molecule has 1 aromatic carbocycles. The fraction of sp³-hybridized carbons (Fsp3) is 0.538. The Morgan fingerprint density at radius 3 is 2.69 bits per heavy atom. The van der Waals surface area contributed by atoms with Crippen molar-refractivity contribution in [3.63, 3.8) is 0 Å². The molecule has 90 valence electrons. The third-order valence-corrected chi connectivity index (χ3v) is 2.16. The third-order valence-electron chi connectivity index (χ3n) is 2.16. The standard InChI is InChI=1S/C13H21NO2/c1-4-15-9-13(14)11-6-5-7-12(8-11)16-10(2)3/h5-8,10,13H,4,9,14H2,1-3H3. The number of hydrogen-bond acceptors (Lipinski definition) is 3. The van der Waals surface area contributed by atoms with Crippen molar-refractivity contribution >= 4 is 0 Å². The van der Waals surface area contributed by atoms with E-state index in [1.54, 1.807) is 0 Å². The van der Waals surface area contributed by atoms with Gasteiger partial charge in [0.05, 0.1) is 18.8 Å². The van der Waals surface area contributed by atoms with Crippen LogP contribution >= 0.6 is 0 Å². The van der Waals surface area contributed by atoms with Gasteiger partial charge >= 0.3 is 0 Å². The van der Waals surface area contributed by atoms with Gasteiger partial charge in [0.15, 0.2) is 0 Å². The second-order valence-electron chi connectivity index (χ2n) is 4.01. The topological polar surface area (TPSA) is 44.5 Å². The zero-order chi connectivity index (χ0) is 12.0. The fourth-order valence-electron chi connectivity index (χ4n) is 1.43. The Morgan fingerprint density at radius 2 is 2.06 bits per heavy atom. The van der Waals surface area contributed by atoms with E-state index in [0.29, 0.717) is 13.2 Å². The minimum absolute atomic E-state index is 0.0873. The van der Waals surface area contributed by atoms with Gasteiger partial charge in [-0.15, -0.1) is 0 Å². The molecule has 1 aromatic rings. The second-order valence-corrected chi connectivity index (χ2v) is 4.01. The summed E-state index contributed by atoms with van der Waals surface area (Å²) in [7, 11) is 0. The van der Waals surface area contributed by atoms with E-state index in [0.717, 1.165) is 11.3 Å². The van der Waals surface area contributed by atoms with Crippen LogP contribution in [0.4, 0.5) is 0 Å². The SMILES string of the molecule is CCOCC(N)c1cccc(OC(C)C)c1. The molecule has 3 nitrogen and oxygen atoms in total. The van der Waals surface area contributed by atoms with Gasteiger partial charge in [-0.05, 0) is 38.5 Å². The highest BCUT2D eigenvalue weighted by molar-refractivity contribution is 5.30. The zero-order valence-electron chi connectivity index (χ0n) is 10.3. The summed E-state index contributed by atoms with van der Waals surface area (Å²) in [5.41, 5.74) is 7.05. The van der Waals surface area contributed by atoms with Crippen LogP contribution in [0.15, 0.2) is 24.3 Å². The van der Waals surface area contributed by atoms with Gasteiger partial charge in [-0.3, -0.25) is 0 Å². The summed E-state index contributed by atoms with van der Waals surface area (Å²) in [5, 5.41) is 0. The average molecular weight is 223 g/mol. The predicted octanol–water partition coefficient (Wildman–Crippen LogP) is 2.51. The second kappa shape index (κ2) is 6.51. The third kappa shape index (κ3) is 4.21. The van der Waals surface area contributed by atoms with Crippen molar-refractivity contribution in [2.45, 2.75) is 32.9 Å². The molecule has 3 heteroatoms. The first-order chi connectivity index (χ1) is 7.63. The monoisotopic (exact) mass is 223 g/mol. The van der Waals surface area contributed by atoms with E-state index in [1.165, 1.54) is 0 Å². The predicted molar refractivity (Wildman–Crippen MR) is 65.6 cm³/mol. The quantitative estimate of drug-likeness (QED) is 0.806. The summed E-state index contributed by atoms with van der Waals surface area (Å²) >= 11 is 0. The lowest BCUT2D eigenvalue weighted by Crippen LogP contribution is -2.17. The van der Waals surface area contributed by atoms with Gasteiger partial charge in [0, 0.05) is 6.61 Å². The Kier molecular flexibility index (Phi) is 5.29. The van der Waals surface area contributed by atoms with Crippen molar-refractivity contribution in [1.82, 2.24) is 0 Å². The molecule has 0 aliphatic rings. The Bertz CT molecular complexity index is 313. The summed E-state index contributed by atoms with van der Waals surface area (Å²) in [4.78, 5) is 0. The van der Waals surface area contributed by atoms with E-state index < -0.39 is 0 Å². The Balaban J connectivity index is 2.65. The lowest BCUT2D eigenvalue weighted by Gasteiger charge is -2.14. The van der Waals surface area contributed by atoms with Gasteiger partial charge < -0.3 is 15.2 Å². The van der Waals surface area contributed by atoms with Crippen LogP contribution < -0.4 is 10.5 Å². The molecule has 0 radical (unpaired) electrons. The van der Waals surface area contributed by atoms with Crippen LogP contribution in [0.3, 0.4) is 0 Å². The summed E-state index contributed by atoms with van der Waals surface area (Å²) in [6.45, 7) is 7.21. The minimum atomic E-state index is -0.0873. The van der Waals surface area contributed by atoms with E-state index >= 15 is 0 Å².